The highest BCUT2D eigenvalue weighted by Crippen LogP contribution is 2.18. The molecule has 0 aromatic carbocycles. The molecule has 9 heavy (non-hydrogen) atoms. The molecule has 1 nitrogen and oxygen atoms in total. The second kappa shape index (κ2) is 3.47. The van der Waals surface area contributed by atoms with Crippen molar-refractivity contribution in [3.8, 4) is 0 Å². The minimum Gasteiger partial charge on any atom is -0.301 e. The Hall–Kier alpha value is 0.310. The fourth-order valence-corrected chi connectivity index (χ4v) is 1.89. The van der Waals surface area contributed by atoms with E-state index in [0.29, 0.717) is 0 Å². The molecule has 0 bridgehead atoms. The van der Waals surface area contributed by atoms with Crippen LogP contribution in [0, 0.1) is 0 Å². The number of hydrogen-bond acceptors (Lipinski definition) is 2. The van der Waals surface area contributed by atoms with E-state index >= 15 is 0 Å². The molecule has 0 aliphatic carbocycles. The van der Waals surface area contributed by atoms with Crippen LogP contribution in [-0.4, -0.2) is 36.0 Å². The highest BCUT2D eigenvalue weighted by Gasteiger charge is 2.23. The van der Waals surface area contributed by atoms with Crippen molar-refractivity contribution in [2.24, 2.45) is 0 Å². The average Bonchev–Trinajstić information content (AvgIpc) is 1.77. The quantitative estimate of drug-likeness (QED) is 0.591. The molecule has 1 fully saturated rings. The van der Waals surface area contributed by atoms with Crippen molar-refractivity contribution in [1.82, 2.24) is 4.90 Å². The molecule has 0 unspecified atom stereocenters. The van der Waals surface area contributed by atoms with Crippen LogP contribution in [0.25, 0.3) is 0 Å². The monoisotopic (exact) mass is 145 g/mol. The molecule has 1 heterocycles. The molecule has 0 aromatic rings. The van der Waals surface area contributed by atoms with Gasteiger partial charge < -0.3 is 4.90 Å². The minimum absolute atomic E-state index is 0.941. The zero-order valence-electron chi connectivity index (χ0n) is 6.26. The maximum atomic E-state index is 2.52. The van der Waals surface area contributed by atoms with Gasteiger partial charge in [0.05, 0.1) is 0 Å². The summed E-state index contributed by atoms with van der Waals surface area (Å²) in [6.07, 6.45) is 3.51. The van der Waals surface area contributed by atoms with Crippen LogP contribution in [0.15, 0.2) is 0 Å². The SMILES string of the molecule is CCCN1CC(SC)C1. The van der Waals surface area contributed by atoms with E-state index in [1.807, 2.05) is 11.8 Å². The highest BCUT2D eigenvalue weighted by molar-refractivity contribution is 7.99. The van der Waals surface area contributed by atoms with Crippen LogP contribution in [0.3, 0.4) is 0 Å². The zero-order valence-corrected chi connectivity index (χ0v) is 7.08. The molecule has 0 amide bonds. The van der Waals surface area contributed by atoms with Gasteiger partial charge >= 0.3 is 0 Å². The summed E-state index contributed by atoms with van der Waals surface area (Å²) < 4.78 is 0. The van der Waals surface area contributed by atoms with Crippen molar-refractivity contribution in [1.29, 1.82) is 0 Å². The molecule has 1 aliphatic rings. The van der Waals surface area contributed by atoms with Crippen LogP contribution in [-0.2, 0) is 0 Å². The highest BCUT2D eigenvalue weighted by atomic mass is 32.2. The van der Waals surface area contributed by atoms with Crippen LogP contribution in [0.2, 0.25) is 0 Å². The summed E-state index contributed by atoms with van der Waals surface area (Å²) in [5, 5.41) is 0.941. The van der Waals surface area contributed by atoms with Gasteiger partial charge in [-0.3, -0.25) is 0 Å². The van der Waals surface area contributed by atoms with E-state index in [1.165, 1.54) is 26.1 Å². The van der Waals surface area contributed by atoms with Crippen molar-refractivity contribution in [3.63, 3.8) is 0 Å². The predicted octanol–water partition coefficient (Wildman–Crippen LogP) is 1.44. The van der Waals surface area contributed by atoms with Gasteiger partial charge in [-0.2, -0.15) is 11.8 Å². The first-order chi connectivity index (χ1) is 4.36. The van der Waals surface area contributed by atoms with Crippen molar-refractivity contribution in [2.75, 3.05) is 25.9 Å². The molecule has 0 aromatic heterocycles. The lowest BCUT2D eigenvalue weighted by Gasteiger charge is -2.37. The maximum Gasteiger partial charge on any atom is 0.0299 e. The zero-order chi connectivity index (χ0) is 6.69. The third kappa shape index (κ3) is 1.87. The smallest absolute Gasteiger partial charge is 0.0299 e. The van der Waals surface area contributed by atoms with Gasteiger partial charge in [-0.05, 0) is 19.2 Å². The molecular formula is C7H15NS. The second-order valence-corrected chi connectivity index (χ2v) is 3.76. The average molecular weight is 145 g/mol. The molecule has 0 saturated carbocycles. The van der Waals surface area contributed by atoms with E-state index < -0.39 is 0 Å². The molecule has 1 rings (SSSR count). The van der Waals surface area contributed by atoms with Crippen LogP contribution in [0.1, 0.15) is 13.3 Å². The Labute approximate surface area is 61.8 Å². The number of thioether (sulfide) groups is 1. The van der Waals surface area contributed by atoms with E-state index in [1.54, 1.807) is 0 Å². The van der Waals surface area contributed by atoms with Gasteiger partial charge in [0.25, 0.3) is 0 Å². The van der Waals surface area contributed by atoms with Crippen LogP contribution < -0.4 is 0 Å². The summed E-state index contributed by atoms with van der Waals surface area (Å²) in [5.41, 5.74) is 0. The standard InChI is InChI=1S/C7H15NS/c1-3-4-8-5-7(6-8)9-2/h7H,3-6H2,1-2H3. The summed E-state index contributed by atoms with van der Waals surface area (Å²) in [5.74, 6) is 0. The molecule has 1 aliphatic heterocycles. The fourth-order valence-electron chi connectivity index (χ4n) is 1.17. The molecular weight excluding hydrogens is 130 g/mol. The van der Waals surface area contributed by atoms with Gasteiger partial charge in [-0.1, -0.05) is 6.92 Å². The van der Waals surface area contributed by atoms with Crippen molar-refractivity contribution >= 4 is 11.8 Å². The predicted molar refractivity (Wildman–Crippen MR) is 44.0 cm³/mol. The molecule has 0 radical (unpaired) electrons. The summed E-state index contributed by atoms with van der Waals surface area (Å²) >= 11 is 2.00. The molecule has 1 saturated heterocycles. The lowest BCUT2D eigenvalue weighted by Crippen LogP contribution is -2.48. The van der Waals surface area contributed by atoms with Gasteiger partial charge in [0, 0.05) is 18.3 Å². The Balaban J connectivity index is 1.98. The van der Waals surface area contributed by atoms with Crippen molar-refractivity contribution in [3.05, 3.63) is 0 Å². The normalized spacial score (nSPS) is 22.0. The first kappa shape index (κ1) is 7.42. The first-order valence-electron chi connectivity index (χ1n) is 3.62. The molecule has 0 atom stereocenters. The number of hydrogen-bond donors (Lipinski definition) is 0. The molecule has 0 N–H and O–H groups in total. The largest absolute Gasteiger partial charge is 0.301 e. The van der Waals surface area contributed by atoms with E-state index in [-0.39, 0.29) is 0 Å². The summed E-state index contributed by atoms with van der Waals surface area (Å²) in [7, 11) is 0. The van der Waals surface area contributed by atoms with Gasteiger partial charge in [0.2, 0.25) is 0 Å². The lowest BCUT2D eigenvalue weighted by molar-refractivity contribution is 0.191. The van der Waals surface area contributed by atoms with Gasteiger partial charge in [-0.15, -0.1) is 0 Å². The van der Waals surface area contributed by atoms with Gasteiger partial charge in [0.1, 0.15) is 0 Å². The van der Waals surface area contributed by atoms with E-state index in [2.05, 4.69) is 18.1 Å². The number of rotatable bonds is 3. The molecule has 0 spiro atoms. The van der Waals surface area contributed by atoms with Crippen molar-refractivity contribution in [2.45, 2.75) is 18.6 Å². The van der Waals surface area contributed by atoms with Crippen LogP contribution >= 0.6 is 11.8 Å². The van der Waals surface area contributed by atoms with E-state index in [0.717, 1.165) is 5.25 Å². The minimum atomic E-state index is 0.941. The fraction of sp³-hybridized carbons (Fsp3) is 1.00. The summed E-state index contributed by atoms with van der Waals surface area (Å²) in [6.45, 7) is 6.20. The lowest BCUT2D eigenvalue weighted by atomic mass is 10.2. The van der Waals surface area contributed by atoms with E-state index in [9.17, 15) is 0 Å². The Morgan fingerprint density at radius 2 is 2.22 bits per heavy atom. The number of nitrogens with zero attached hydrogens (tertiary/aromatic N) is 1. The summed E-state index contributed by atoms with van der Waals surface area (Å²) in [6, 6.07) is 0. The third-order valence-electron chi connectivity index (χ3n) is 1.80. The second-order valence-electron chi connectivity index (χ2n) is 2.62. The Bertz CT molecular complexity index is 79.0. The van der Waals surface area contributed by atoms with E-state index in [4.69, 9.17) is 0 Å². The summed E-state index contributed by atoms with van der Waals surface area (Å²) in [4.78, 5) is 2.52. The molecule has 54 valence electrons. The Kier molecular flexibility index (Phi) is 2.86. The Morgan fingerprint density at radius 1 is 1.56 bits per heavy atom. The Morgan fingerprint density at radius 3 is 2.67 bits per heavy atom. The van der Waals surface area contributed by atoms with Gasteiger partial charge in [0.15, 0.2) is 0 Å². The van der Waals surface area contributed by atoms with Crippen LogP contribution in [0.5, 0.6) is 0 Å². The molecule has 2 heteroatoms. The van der Waals surface area contributed by atoms with Gasteiger partial charge in [-0.25, -0.2) is 0 Å². The van der Waals surface area contributed by atoms with Crippen molar-refractivity contribution < 1.29 is 0 Å². The van der Waals surface area contributed by atoms with Crippen LogP contribution in [0.4, 0.5) is 0 Å². The number of likely N-dealkylation sites (tertiary alicyclic amines) is 1. The first-order valence-corrected chi connectivity index (χ1v) is 4.90. The maximum absolute atomic E-state index is 2.52. The topological polar surface area (TPSA) is 3.24 Å². The third-order valence-corrected chi connectivity index (χ3v) is 2.76.